The van der Waals surface area contributed by atoms with Gasteiger partial charge in [-0.1, -0.05) is 22.9 Å². The molecule has 4 rings (SSSR count). The Balaban J connectivity index is 1.78. The number of carboxylic acids is 1. The van der Waals surface area contributed by atoms with Gasteiger partial charge in [-0.05, 0) is 6.92 Å². The van der Waals surface area contributed by atoms with Crippen LogP contribution in [0.5, 0.6) is 0 Å². The molecule has 1 amide bonds. The number of carbonyl (C=O) groups is 2. The minimum Gasteiger partial charge on any atom is -0.477 e. The highest BCUT2D eigenvalue weighted by atomic mass is 79.9. The van der Waals surface area contributed by atoms with Crippen LogP contribution >= 0.6 is 39.0 Å². The fourth-order valence-electron chi connectivity index (χ4n) is 4.03. The van der Waals surface area contributed by atoms with Gasteiger partial charge in [0.25, 0.3) is 0 Å². The third-order valence-corrected chi connectivity index (χ3v) is 8.31. The first-order chi connectivity index (χ1) is 12.9. The first-order valence-corrected chi connectivity index (χ1v) is 11.4. The lowest BCUT2D eigenvalue weighted by Crippen LogP contribution is -2.63. The molecule has 0 unspecified atom stereocenters. The number of carboxylic acid groups (broad SMARTS) is 1. The number of aliphatic carboxylic acids is 1. The van der Waals surface area contributed by atoms with E-state index in [9.17, 15) is 19.8 Å². The van der Waals surface area contributed by atoms with Crippen LogP contribution in [0.1, 0.15) is 18.7 Å². The Morgan fingerprint density at radius 2 is 2.26 bits per heavy atom. The van der Waals surface area contributed by atoms with Gasteiger partial charge in [0.1, 0.15) is 21.9 Å². The molecule has 1 fully saturated rings. The van der Waals surface area contributed by atoms with Crippen LogP contribution in [0.15, 0.2) is 23.2 Å². The standard InChI is InChI=1S/C17H18BrN3O4S2/c1-7-10(9-5-20-6-19-14(16(20)27-9)26-4-3-18)13(17(24)25)21-12(7)11(8(2)22)15(21)23/h5-8,11-12,22H,3-4H2,1-2H3,(H,24,25)/t7-,8+,11+,12+/m0/s1. The van der Waals surface area contributed by atoms with Crippen LogP contribution in [-0.2, 0) is 9.59 Å². The molecular formula is C17H18BrN3O4S2. The van der Waals surface area contributed by atoms with Crippen molar-refractivity contribution in [1.29, 1.82) is 0 Å². The number of alkyl halides is 1. The van der Waals surface area contributed by atoms with E-state index in [2.05, 4.69) is 20.9 Å². The summed E-state index contributed by atoms with van der Waals surface area (Å²) in [6.07, 6.45) is 2.81. The summed E-state index contributed by atoms with van der Waals surface area (Å²) in [6, 6.07) is -0.305. The zero-order chi connectivity index (χ0) is 19.5. The number of thioether (sulfide) groups is 1. The number of aliphatic hydroxyl groups excluding tert-OH is 1. The highest BCUT2D eigenvalue weighted by Crippen LogP contribution is 2.51. The molecule has 2 aliphatic heterocycles. The van der Waals surface area contributed by atoms with E-state index in [0.717, 1.165) is 25.8 Å². The Morgan fingerprint density at radius 3 is 2.89 bits per heavy atom. The fraction of sp³-hybridized carbons (Fsp3) is 0.471. The molecule has 2 aromatic heterocycles. The fourth-order valence-corrected chi connectivity index (χ4v) is 6.55. The van der Waals surface area contributed by atoms with E-state index in [0.29, 0.717) is 5.57 Å². The second-order valence-corrected chi connectivity index (χ2v) is 9.62. The van der Waals surface area contributed by atoms with E-state index < -0.39 is 18.0 Å². The number of carbonyl (C=O) groups excluding carboxylic acids is 1. The van der Waals surface area contributed by atoms with Crippen LogP contribution in [0.25, 0.3) is 10.4 Å². The van der Waals surface area contributed by atoms with Crippen LogP contribution in [0.4, 0.5) is 0 Å². The highest BCUT2D eigenvalue weighted by molar-refractivity contribution is 9.09. The van der Waals surface area contributed by atoms with Gasteiger partial charge in [0.2, 0.25) is 5.91 Å². The number of amides is 1. The summed E-state index contributed by atoms with van der Waals surface area (Å²) in [5.41, 5.74) is 0.704. The topological polar surface area (TPSA) is 95.1 Å². The minimum absolute atomic E-state index is 0.0431. The van der Waals surface area contributed by atoms with Crippen LogP contribution in [0.3, 0.4) is 0 Å². The summed E-state index contributed by atoms with van der Waals surface area (Å²) in [5, 5.41) is 21.5. The summed E-state index contributed by atoms with van der Waals surface area (Å²) in [7, 11) is 0. The van der Waals surface area contributed by atoms with Gasteiger partial charge in [-0.15, -0.1) is 23.1 Å². The maximum Gasteiger partial charge on any atom is 0.352 e. The van der Waals surface area contributed by atoms with Gasteiger partial charge in [0.05, 0.1) is 22.9 Å². The Labute approximate surface area is 172 Å². The van der Waals surface area contributed by atoms with Crippen LogP contribution in [0.2, 0.25) is 0 Å². The van der Waals surface area contributed by atoms with Crippen LogP contribution < -0.4 is 0 Å². The van der Waals surface area contributed by atoms with Gasteiger partial charge in [-0.2, -0.15) is 0 Å². The molecule has 2 aliphatic rings. The minimum atomic E-state index is -1.11. The number of thiazole rings is 1. The summed E-state index contributed by atoms with van der Waals surface area (Å²) in [4.78, 5) is 32.0. The normalized spacial score (nSPS) is 25.9. The SMILES string of the molecule is C[C@@H](O)[C@H]1C(=O)N2C(C(=O)O)=C(c3cn4cnc(SCCBr)c4s3)[C@H](C)[C@H]12. The van der Waals surface area contributed by atoms with Gasteiger partial charge >= 0.3 is 5.97 Å². The number of imidazole rings is 1. The van der Waals surface area contributed by atoms with Crippen molar-refractivity contribution in [3.05, 3.63) is 23.1 Å². The number of β-lactam (4-membered cyclic amide) rings is 1. The number of hydrogen-bond acceptors (Lipinski definition) is 6. The molecule has 144 valence electrons. The van der Waals surface area contributed by atoms with Crippen molar-refractivity contribution in [3.63, 3.8) is 0 Å². The predicted molar refractivity (Wildman–Crippen MR) is 107 cm³/mol. The summed E-state index contributed by atoms with van der Waals surface area (Å²) < 4.78 is 1.90. The maximum absolute atomic E-state index is 12.5. The lowest BCUT2D eigenvalue weighted by Gasteiger charge is -2.46. The first kappa shape index (κ1) is 19.0. The molecule has 27 heavy (non-hydrogen) atoms. The summed E-state index contributed by atoms with van der Waals surface area (Å²) in [6.45, 7) is 3.51. The largest absolute Gasteiger partial charge is 0.477 e. The van der Waals surface area contributed by atoms with Crippen molar-refractivity contribution in [1.82, 2.24) is 14.3 Å². The van der Waals surface area contributed by atoms with E-state index in [1.807, 2.05) is 17.5 Å². The first-order valence-electron chi connectivity index (χ1n) is 8.51. The number of aromatic nitrogens is 2. The van der Waals surface area contributed by atoms with Crippen molar-refractivity contribution in [2.45, 2.75) is 31.0 Å². The number of fused-ring (bicyclic) bond motifs is 2. The van der Waals surface area contributed by atoms with E-state index in [1.54, 1.807) is 25.0 Å². The molecule has 7 nitrogen and oxygen atoms in total. The molecule has 0 aliphatic carbocycles. The second-order valence-electron chi connectivity index (χ2n) is 6.72. The zero-order valence-corrected chi connectivity index (χ0v) is 17.8. The Morgan fingerprint density at radius 1 is 1.52 bits per heavy atom. The molecule has 0 aromatic carbocycles. The molecular weight excluding hydrogens is 454 g/mol. The third-order valence-electron chi connectivity index (χ3n) is 5.14. The van der Waals surface area contributed by atoms with E-state index >= 15 is 0 Å². The van der Waals surface area contributed by atoms with Gasteiger partial charge in [-0.3, -0.25) is 9.20 Å². The molecule has 0 spiro atoms. The Kier molecular flexibility index (Phi) is 4.86. The molecule has 2 aromatic rings. The molecule has 0 bridgehead atoms. The van der Waals surface area contributed by atoms with Gasteiger partial charge in [0.15, 0.2) is 0 Å². The summed E-state index contributed by atoms with van der Waals surface area (Å²) in [5.74, 6) is -1.25. The van der Waals surface area contributed by atoms with Crippen molar-refractivity contribution in [3.8, 4) is 0 Å². The number of aliphatic hydroxyl groups is 1. The molecule has 4 heterocycles. The number of nitrogens with zero attached hydrogens (tertiary/aromatic N) is 3. The third kappa shape index (κ3) is 2.76. The Hall–Kier alpha value is -1.36. The maximum atomic E-state index is 12.5. The van der Waals surface area contributed by atoms with E-state index in [4.69, 9.17) is 0 Å². The van der Waals surface area contributed by atoms with Crippen molar-refractivity contribution in [2.75, 3.05) is 11.1 Å². The predicted octanol–water partition coefficient (Wildman–Crippen LogP) is 2.54. The lowest BCUT2D eigenvalue weighted by molar-refractivity contribution is -0.163. The van der Waals surface area contributed by atoms with Gasteiger partial charge in [0, 0.05) is 28.8 Å². The molecule has 10 heteroatoms. The average molecular weight is 472 g/mol. The molecule has 1 saturated heterocycles. The van der Waals surface area contributed by atoms with Crippen LogP contribution in [0, 0.1) is 11.8 Å². The second kappa shape index (κ2) is 6.91. The van der Waals surface area contributed by atoms with Crippen molar-refractivity contribution in [2.24, 2.45) is 11.8 Å². The van der Waals surface area contributed by atoms with E-state index in [1.165, 1.54) is 16.2 Å². The summed E-state index contributed by atoms with van der Waals surface area (Å²) >= 11 is 6.54. The van der Waals surface area contributed by atoms with E-state index in [-0.39, 0.29) is 23.6 Å². The van der Waals surface area contributed by atoms with Gasteiger partial charge in [-0.25, -0.2) is 9.78 Å². The average Bonchev–Trinajstić information content (AvgIpc) is 3.23. The number of hydrogen-bond donors (Lipinski definition) is 2. The number of rotatable bonds is 6. The highest BCUT2D eigenvalue weighted by Gasteiger charge is 2.60. The zero-order valence-electron chi connectivity index (χ0n) is 14.6. The van der Waals surface area contributed by atoms with Crippen molar-refractivity contribution >= 4 is 61.3 Å². The van der Waals surface area contributed by atoms with Crippen molar-refractivity contribution < 1.29 is 19.8 Å². The van der Waals surface area contributed by atoms with Gasteiger partial charge < -0.3 is 15.1 Å². The number of halogens is 1. The quantitative estimate of drug-likeness (QED) is 0.381. The molecule has 0 radical (unpaired) electrons. The molecule has 2 N–H and O–H groups in total. The molecule has 4 atom stereocenters. The Bertz CT molecular complexity index is 967. The smallest absolute Gasteiger partial charge is 0.352 e. The molecule has 0 saturated carbocycles. The van der Waals surface area contributed by atoms with Crippen LogP contribution in [-0.4, -0.2) is 59.6 Å². The lowest BCUT2D eigenvalue weighted by atomic mass is 9.77. The monoisotopic (exact) mass is 471 g/mol.